The van der Waals surface area contributed by atoms with Gasteiger partial charge in [0.15, 0.2) is 0 Å². The molecule has 2 heteroatoms. The van der Waals surface area contributed by atoms with Crippen molar-refractivity contribution in [1.82, 2.24) is 0 Å². The summed E-state index contributed by atoms with van der Waals surface area (Å²) in [4.78, 5) is 13.8. The summed E-state index contributed by atoms with van der Waals surface area (Å²) in [5.74, 6) is 1.03. The second-order valence-corrected chi connectivity index (χ2v) is 4.98. The van der Waals surface area contributed by atoms with Crippen LogP contribution in [0.5, 0.6) is 0 Å². The largest absolute Gasteiger partial charge is 0.316 e. The first-order chi connectivity index (χ1) is 8.27. The molecule has 0 heterocycles. The third-order valence-electron chi connectivity index (χ3n) is 3.76. The van der Waals surface area contributed by atoms with Crippen LogP contribution in [0.4, 0.5) is 5.69 Å². The Bertz CT molecular complexity index is 354. The lowest BCUT2D eigenvalue weighted by molar-refractivity contribution is -0.118. The number of hydrogen-bond donors (Lipinski definition) is 0. The van der Waals surface area contributed by atoms with Crippen molar-refractivity contribution in [2.75, 3.05) is 11.9 Å². The highest BCUT2D eigenvalue weighted by molar-refractivity contribution is 5.92. The Hall–Kier alpha value is -1.31. The Kier molecular flexibility index (Phi) is 4.18. The van der Waals surface area contributed by atoms with Crippen molar-refractivity contribution >= 4 is 11.6 Å². The monoisotopic (exact) mass is 231 g/mol. The summed E-state index contributed by atoms with van der Waals surface area (Å²) in [7, 11) is 1.87. The first-order valence-electron chi connectivity index (χ1n) is 6.59. The molecule has 0 spiro atoms. The third kappa shape index (κ3) is 3.32. The first kappa shape index (κ1) is 12.2. The van der Waals surface area contributed by atoms with Gasteiger partial charge in [-0.2, -0.15) is 0 Å². The minimum absolute atomic E-state index is 0.239. The van der Waals surface area contributed by atoms with Crippen molar-refractivity contribution in [1.29, 1.82) is 0 Å². The van der Waals surface area contributed by atoms with Crippen LogP contribution in [-0.2, 0) is 4.79 Å². The van der Waals surface area contributed by atoms with E-state index >= 15 is 0 Å². The molecular weight excluding hydrogens is 210 g/mol. The lowest BCUT2D eigenvalue weighted by Gasteiger charge is -2.18. The van der Waals surface area contributed by atoms with E-state index < -0.39 is 0 Å². The summed E-state index contributed by atoms with van der Waals surface area (Å²) >= 11 is 0. The molecule has 0 unspecified atom stereocenters. The van der Waals surface area contributed by atoms with E-state index in [0.717, 1.165) is 18.0 Å². The molecule has 0 aliphatic heterocycles. The molecule has 1 saturated carbocycles. The minimum atomic E-state index is 0.239. The van der Waals surface area contributed by atoms with Crippen molar-refractivity contribution in [2.45, 2.75) is 38.5 Å². The fourth-order valence-corrected chi connectivity index (χ4v) is 2.59. The van der Waals surface area contributed by atoms with E-state index in [9.17, 15) is 4.79 Å². The van der Waals surface area contributed by atoms with Gasteiger partial charge in [0.1, 0.15) is 0 Å². The molecule has 0 saturated heterocycles. The topological polar surface area (TPSA) is 20.3 Å². The molecule has 1 aliphatic rings. The van der Waals surface area contributed by atoms with Gasteiger partial charge in [0.25, 0.3) is 0 Å². The lowest BCUT2D eigenvalue weighted by Crippen LogP contribution is -2.26. The zero-order chi connectivity index (χ0) is 12.1. The SMILES string of the molecule is CN(C(=O)CCC1CCCC1)c1ccccc1. The van der Waals surface area contributed by atoms with Crippen LogP contribution in [0.3, 0.4) is 0 Å². The summed E-state index contributed by atoms with van der Waals surface area (Å²) in [6, 6.07) is 9.87. The second-order valence-electron chi connectivity index (χ2n) is 4.98. The minimum Gasteiger partial charge on any atom is -0.316 e. The normalized spacial score (nSPS) is 16.1. The number of nitrogens with zero attached hydrogens (tertiary/aromatic N) is 1. The molecule has 2 nitrogen and oxygen atoms in total. The van der Waals surface area contributed by atoms with Gasteiger partial charge in [-0.05, 0) is 24.5 Å². The second kappa shape index (κ2) is 5.85. The molecule has 0 bridgehead atoms. The fraction of sp³-hybridized carbons (Fsp3) is 0.533. The van der Waals surface area contributed by atoms with Gasteiger partial charge in [0.2, 0.25) is 5.91 Å². The quantitative estimate of drug-likeness (QED) is 0.775. The Balaban J connectivity index is 1.83. The number of amides is 1. The molecule has 0 aromatic heterocycles. The lowest BCUT2D eigenvalue weighted by atomic mass is 10.0. The molecule has 2 rings (SSSR count). The molecule has 1 fully saturated rings. The van der Waals surface area contributed by atoms with E-state index in [1.54, 1.807) is 4.90 Å². The molecule has 0 radical (unpaired) electrons. The Labute approximate surface area is 104 Å². The maximum atomic E-state index is 12.0. The number of hydrogen-bond acceptors (Lipinski definition) is 1. The predicted octanol–water partition coefficient (Wildman–Crippen LogP) is 3.62. The van der Waals surface area contributed by atoms with Crippen molar-refractivity contribution < 1.29 is 4.79 Å². The molecule has 17 heavy (non-hydrogen) atoms. The maximum absolute atomic E-state index is 12.0. The number of para-hydroxylation sites is 1. The van der Waals surface area contributed by atoms with Gasteiger partial charge in [-0.1, -0.05) is 43.9 Å². The molecule has 1 aliphatic carbocycles. The summed E-state index contributed by atoms with van der Waals surface area (Å²) < 4.78 is 0. The molecule has 1 aromatic rings. The number of benzene rings is 1. The zero-order valence-electron chi connectivity index (χ0n) is 10.6. The molecule has 1 amide bonds. The van der Waals surface area contributed by atoms with E-state index in [1.807, 2.05) is 37.4 Å². The molecule has 0 N–H and O–H groups in total. The van der Waals surface area contributed by atoms with Crippen LogP contribution in [0.25, 0.3) is 0 Å². The highest BCUT2D eigenvalue weighted by atomic mass is 16.2. The Morgan fingerprint density at radius 1 is 1.24 bits per heavy atom. The first-order valence-corrected chi connectivity index (χ1v) is 6.59. The summed E-state index contributed by atoms with van der Waals surface area (Å²) in [5.41, 5.74) is 0.990. The van der Waals surface area contributed by atoms with Crippen molar-refractivity contribution in [3.63, 3.8) is 0 Å². The smallest absolute Gasteiger partial charge is 0.226 e. The van der Waals surface area contributed by atoms with Crippen molar-refractivity contribution in [3.8, 4) is 0 Å². The van der Waals surface area contributed by atoms with Gasteiger partial charge in [-0.3, -0.25) is 4.79 Å². The van der Waals surface area contributed by atoms with E-state index in [4.69, 9.17) is 0 Å². The van der Waals surface area contributed by atoms with E-state index in [1.165, 1.54) is 25.7 Å². The van der Waals surface area contributed by atoms with Crippen LogP contribution in [-0.4, -0.2) is 13.0 Å². The fourth-order valence-electron chi connectivity index (χ4n) is 2.59. The van der Waals surface area contributed by atoms with Crippen LogP contribution in [0.2, 0.25) is 0 Å². The Morgan fingerprint density at radius 3 is 2.53 bits per heavy atom. The maximum Gasteiger partial charge on any atom is 0.226 e. The van der Waals surface area contributed by atoms with Crippen LogP contribution in [0.1, 0.15) is 38.5 Å². The highest BCUT2D eigenvalue weighted by Crippen LogP contribution is 2.28. The van der Waals surface area contributed by atoms with Gasteiger partial charge < -0.3 is 4.90 Å². The van der Waals surface area contributed by atoms with Crippen LogP contribution < -0.4 is 4.90 Å². The van der Waals surface area contributed by atoms with Crippen molar-refractivity contribution in [3.05, 3.63) is 30.3 Å². The third-order valence-corrected chi connectivity index (χ3v) is 3.76. The van der Waals surface area contributed by atoms with Gasteiger partial charge in [0, 0.05) is 19.2 Å². The van der Waals surface area contributed by atoms with E-state index in [2.05, 4.69) is 0 Å². The zero-order valence-corrected chi connectivity index (χ0v) is 10.6. The summed E-state index contributed by atoms with van der Waals surface area (Å²) in [6.07, 6.45) is 7.11. The van der Waals surface area contributed by atoms with Gasteiger partial charge in [-0.15, -0.1) is 0 Å². The summed E-state index contributed by atoms with van der Waals surface area (Å²) in [5, 5.41) is 0. The number of rotatable bonds is 4. The summed E-state index contributed by atoms with van der Waals surface area (Å²) in [6.45, 7) is 0. The average molecular weight is 231 g/mol. The highest BCUT2D eigenvalue weighted by Gasteiger charge is 2.17. The number of carbonyl (C=O) groups excluding carboxylic acids is 1. The standard InChI is InChI=1S/C15H21NO/c1-16(14-9-3-2-4-10-14)15(17)12-11-13-7-5-6-8-13/h2-4,9-10,13H,5-8,11-12H2,1H3. The van der Waals surface area contributed by atoms with E-state index in [-0.39, 0.29) is 5.91 Å². The van der Waals surface area contributed by atoms with Crippen LogP contribution in [0.15, 0.2) is 30.3 Å². The number of carbonyl (C=O) groups is 1. The Morgan fingerprint density at radius 2 is 1.88 bits per heavy atom. The number of anilines is 1. The van der Waals surface area contributed by atoms with Crippen molar-refractivity contribution in [2.24, 2.45) is 5.92 Å². The van der Waals surface area contributed by atoms with Crippen LogP contribution >= 0.6 is 0 Å². The van der Waals surface area contributed by atoms with E-state index in [0.29, 0.717) is 6.42 Å². The average Bonchev–Trinajstić information content (AvgIpc) is 2.89. The molecule has 0 atom stereocenters. The van der Waals surface area contributed by atoms with Gasteiger partial charge in [-0.25, -0.2) is 0 Å². The molecular formula is C15H21NO. The van der Waals surface area contributed by atoms with Gasteiger partial charge >= 0.3 is 0 Å². The predicted molar refractivity (Wildman–Crippen MR) is 71.0 cm³/mol. The van der Waals surface area contributed by atoms with Crippen LogP contribution in [0, 0.1) is 5.92 Å². The molecule has 92 valence electrons. The molecule has 1 aromatic carbocycles. The van der Waals surface area contributed by atoms with Gasteiger partial charge in [0.05, 0.1) is 0 Å².